The maximum Gasteiger partial charge on any atom is 0.214 e. The van der Waals surface area contributed by atoms with E-state index in [9.17, 15) is 13.5 Å². The lowest BCUT2D eigenvalue weighted by molar-refractivity contribution is 0.112. The fraction of sp³-hybridized carbons (Fsp3) is 1.00. The Morgan fingerprint density at radius 2 is 1.94 bits per heavy atom. The Balaban J connectivity index is 2.06. The van der Waals surface area contributed by atoms with Crippen LogP contribution < -0.4 is 0 Å². The smallest absolute Gasteiger partial charge is 0.214 e. The Morgan fingerprint density at radius 3 is 2.47 bits per heavy atom. The average Bonchev–Trinajstić information content (AvgIpc) is 2.23. The van der Waals surface area contributed by atoms with Gasteiger partial charge in [-0.05, 0) is 37.5 Å². The van der Waals surface area contributed by atoms with Gasteiger partial charge in [-0.3, -0.25) is 0 Å². The second-order valence-electron chi connectivity index (χ2n) is 5.56. The number of piperidine rings is 1. The summed E-state index contributed by atoms with van der Waals surface area (Å²) >= 11 is 0. The molecule has 100 valence electrons. The molecule has 17 heavy (non-hydrogen) atoms. The highest BCUT2D eigenvalue weighted by atomic mass is 32.2. The van der Waals surface area contributed by atoms with E-state index < -0.39 is 10.0 Å². The number of hydrogen-bond acceptors (Lipinski definition) is 3. The van der Waals surface area contributed by atoms with E-state index in [-0.39, 0.29) is 24.3 Å². The Kier molecular flexibility index (Phi) is 4.10. The maximum atomic E-state index is 12.3. The standard InChI is InChI=1S/C12H23NO3S/c1-10-4-3-7-13(12(10)8-14)17(15,16)9-11-5-2-6-11/h10-12,14H,2-9H2,1H3. The second kappa shape index (κ2) is 5.24. The first kappa shape index (κ1) is 13.3. The first-order valence-corrected chi connectivity index (χ1v) is 8.26. The molecule has 0 amide bonds. The van der Waals surface area contributed by atoms with Crippen LogP contribution in [0.2, 0.25) is 0 Å². The third-order valence-electron chi connectivity index (χ3n) is 4.28. The van der Waals surface area contributed by atoms with Crippen molar-refractivity contribution >= 4 is 10.0 Å². The van der Waals surface area contributed by atoms with Gasteiger partial charge >= 0.3 is 0 Å². The molecule has 1 aliphatic carbocycles. The highest BCUT2D eigenvalue weighted by Gasteiger charge is 2.37. The fourth-order valence-corrected chi connectivity index (χ4v) is 5.10. The van der Waals surface area contributed by atoms with E-state index in [0.29, 0.717) is 12.5 Å². The SMILES string of the molecule is CC1CCCN(S(=O)(=O)CC2CCC2)C1CO. The van der Waals surface area contributed by atoms with E-state index in [2.05, 4.69) is 0 Å². The molecule has 0 radical (unpaired) electrons. The molecule has 2 rings (SSSR count). The maximum absolute atomic E-state index is 12.3. The van der Waals surface area contributed by atoms with Crippen LogP contribution in [0.15, 0.2) is 0 Å². The van der Waals surface area contributed by atoms with Crippen LogP contribution in [0.1, 0.15) is 39.0 Å². The lowest BCUT2D eigenvalue weighted by Crippen LogP contribution is -2.51. The lowest BCUT2D eigenvalue weighted by atomic mass is 9.87. The number of rotatable bonds is 4. The minimum absolute atomic E-state index is 0.0505. The molecular formula is C12H23NO3S. The highest BCUT2D eigenvalue weighted by molar-refractivity contribution is 7.89. The number of aliphatic hydroxyl groups excluding tert-OH is 1. The molecule has 0 aromatic carbocycles. The molecule has 1 N–H and O–H groups in total. The molecule has 0 aromatic rings. The third-order valence-corrected chi connectivity index (χ3v) is 6.34. The van der Waals surface area contributed by atoms with Crippen molar-refractivity contribution in [3.63, 3.8) is 0 Å². The summed E-state index contributed by atoms with van der Waals surface area (Å²) in [5, 5.41) is 9.39. The summed E-state index contributed by atoms with van der Waals surface area (Å²) in [5.41, 5.74) is 0. The van der Waals surface area contributed by atoms with E-state index in [1.165, 1.54) is 6.42 Å². The molecule has 4 nitrogen and oxygen atoms in total. The Bertz CT molecular complexity index is 351. The highest BCUT2D eigenvalue weighted by Crippen LogP contribution is 2.31. The zero-order valence-corrected chi connectivity index (χ0v) is 11.3. The third kappa shape index (κ3) is 2.83. The predicted octanol–water partition coefficient (Wildman–Crippen LogP) is 1.21. The molecule has 2 fully saturated rings. The lowest BCUT2D eigenvalue weighted by Gasteiger charge is -2.39. The summed E-state index contributed by atoms with van der Waals surface area (Å²) in [6.07, 6.45) is 5.20. The monoisotopic (exact) mass is 261 g/mol. The number of nitrogens with zero attached hydrogens (tertiary/aromatic N) is 1. The molecule has 0 spiro atoms. The zero-order valence-electron chi connectivity index (χ0n) is 10.5. The molecule has 1 saturated carbocycles. The van der Waals surface area contributed by atoms with E-state index in [1.54, 1.807) is 4.31 Å². The normalized spacial score (nSPS) is 32.4. The molecule has 1 saturated heterocycles. The van der Waals surface area contributed by atoms with Crippen LogP contribution in [0.4, 0.5) is 0 Å². The van der Waals surface area contributed by atoms with Crippen molar-refractivity contribution in [2.75, 3.05) is 18.9 Å². The minimum Gasteiger partial charge on any atom is -0.395 e. The predicted molar refractivity (Wildman–Crippen MR) is 67.1 cm³/mol. The Labute approximate surface area is 104 Å². The van der Waals surface area contributed by atoms with Crippen LogP contribution in [-0.4, -0.2) is 42.8 Å². The van der Waals surface area contributed by atoms with Crippen LogP contribution in [-0.2, 0) is 10.0 Å². The molecule has 1 heterocycles. The van der Waals surface area contributed by atoms with Gasteiger partial charge in [0.25, 0.3) is 0 Å². The summed E-state index contributed by atoms with van der Waals surface area (Å²) in [7, 11) is -3.16. The van der Waals surface area contributed by atoms with Crippen molar-refractivity contribution in [3.8, 4) is 0 Å². The molecule has 2 atom stereocenters. The summed E-state index contributed by atoms with van der Waals surface area (Å²) in [6, 6.07) is -0.200. The topological polar surface area (TPSA) is 57.6 Å². The van der Waals surface area contributed by atoms with Gasteiger partial charge in [0.2, 0.25) is 10.0 Å². The van der Waals surface area contributed by atoms with Gasteiger partial charge in [0.15, 0.2) is 0 Å². The van der Waals surface area contributed by atoms with Gasteiger partial charge in [0.05, 0.1) is 18.4 Å². The van der Waals surface area contributed by atoms with Crippen molar-refractivity contribution in [3.05, 3.63) is 0 Å². The van der Waals surface area contributed by atoms with Crippen molar-refractivity contribution in [2.45, 2.75) is 45.1 Å². The van der Waals surface area contributed by atoms with E-state index in [0.717, 1.165) is 25.7 Å². The summed E-state index contributed by atoms with van der Waals surface area (Å²) in [4.78, 5) is 0. The van der Waals surface area contributed by atoms with E-state index in [4.69, 9.17) is 0 Å². The first-order valence-electron chi connectivity index (χ1n) is 6.65. The summed E-state index contributed by atoms with van der Waals surface area (Å²) < 4.78 is 26.2. The van der Waals surface area contributed by atoms with Crippen LogP contribution >= 0.6 is 0 Å². The van der Waals surface area contributed by atoms with E-state index in [1.807, 2.05) is 6.92 Å². The molecule has 2 aliphatic rings. The van der Waals surface area contributed by atoms with Gasteiger partial charge in [-0.1, -0.05) is 13.3 Å². The number of aliphatic hydroxyl groups is 1. The Morgan fingerprint density at radius 1 is 1.24 bits per heavy atom. The second-order valence-corrected chi connectivity index (χ2v) is 7.52. The molecule has 1 aliphatic heterocycles. The van der Waals surface area contributed by atoms with Crippen molar-refractivity contribution in [1.29, 1.82) is 0 Å². The van der Waals surface area contributed by atoms with Crippen LogP contribution in [0.3, 0.4) is 0 Å². The molecule has 5 heteroatoms. The zero-order chi connectivity index (χ0) is 12.5. The number of hydrogen-bond donors (Lipinski definition) is 1. The largest absolute Gasteiger partial charge is 0.395 e. The van der Waals surface area contributed by atoms with Gasteiger partial charge in [-0.2, -0.15) is 4.31 Å². The molecular weight excluding hydrogens is 238 g/mol. The van der Waals surface area contributed by atoms with Gasteiger partial charge in [0, 0.05) is 6.54 Å². The number of sulfonamides is 1. The fourth-order valence-electron chi connectivity index (χ4n) is 2.88. The van der Waals surface area contributed by atoms with Gasteiger partial charge in [-0.25, -0.2) is 8.42 Å². The first-order chi connectivity index (χ1) is 8.04. The average molecular weight is 261 g/mol. The van der Waals surface area contributed by atoms with Crippen molar-refractivity contribution in [2.24, 2.45) is 11.8 Å². The summed E-state index contributed by atoms with van der Waals surface area (Å²) in [6.45, 7) is 2.57. The quantitative estimate of drug-likeness (QED) is 0.827. The molecule has 0 bridgehead atoms. The van der Waals surface area contributed by atoms with Crippen molar-refractivity contribution in [1.82, 2.24) is 4.31 Å². The van der Waals surface area contributed by atoms with Crippen molar-refractivity contribution < 1.29 is 13.5 Å². The van der Waals surface area contributed by atoms with Gasteiger partial charge < -0.3 is 5.11 Å². The van der Waals surface area contributed by atoms with Crippen LogP contribution in [0.5, 0.6) is 0 Å². The molecule has 2 unspecified atom stereocenters. The van der Waals surface area contributed by atoms with Crippen LogP contribution in [0.25, 0.3) is 0 Å². The van der Waals surface area contributed by atoms with Gasteiger partial charge in [0.1, 0.15) is 0 Å². The minimum atomic E-state index is -3.16. The Hall–Kier alpha value is -0.130. The molecule has 0 aromatic heterocycles. The van der Waals surface area contributed by atoms with Crippen LogP contribution in [0, 0.1) is 11.8 Å². The van der Waals surface area contributed by atoms with Gasteiger partial charge in [-0.15, -0.1) is 0 Å². The van der Waals surface area contributed by atoms with E-state index >= 15 is 0 Å². The summed E-state index contributed by atoms with van der Waals surface area (Å²) in [5.74, 6) is 0.914.